The molecule has 0 aliphatic rings. The molecule has 0 saturated carbocycles. The zero-order valence-electron chi connectivity index (χ0n) is 14.6. The smallest absolute Gasteiger partial charge is 0.236 e. The number of nitrogens with one attached hydrogen (secondary N) is 1. The Balaban J connectivity index is 1.63. The van der Waals surface area contributed by atoms with Crippen molar-refractivity contribution in [3.05, 3.63) is 52.5 Å². The van der Waals surface area contributed by atoms with E-state index in [2.05, 4.69) is 20.5 Å². The maximum Gasteiger partial charge on any atom is 0.236 e. The van der Waals surface area contributed by atoms with E-state index in [4.69, 9.17) is 0 Å². The lowest BCUT2D eigenvalue weighted by Crippen LogP contribution is -2.14. The van der Waals surface area contributed by atoms with Crippen molar-refractivity contribution < 1.29 is 14.3 Å². The lowest BCUT2D eigenvalue weighted by Gasteiger charge is -2.07. The number of anilines is 1. The predicted octanol–water partition coefficient (Wildman–Crippen LogP) is 2.71. The van der Waals surface area contributed by atoms with Gasteiger partial charge in [-0.15, -0.1) is 10.2 Å². The molecule has 2 heterocycles. The molecule has 0 bridgehead atoms. The molecule has 10 heteroatoms. The van der Waals surface area contributed by atoms with Gasteiger partial charge < -0.3 is 9.67 Å². The number of aliphatic hydroxyl groups is 1. The van der Waals surface area contributed by atoms with Crippen LogP contribution in [-0.4, -0.2) is 36.5 Å². The Bertz CT molecular complexity index is 910. The van der Waals surface area contributed by atoms with Crippen LogP contribution in [0.25, 0.3) is 0 Å². The molecule has 2 aromatic heterocycles. The second-order valence-corrected chi connectivity index (χ2v) is 7.62. The maximum absolute atomic E-state index is 13.1. The first-order valence-corrected chi connectivity index (χ1v) is 10.0. The fourth-order valence-electron chi connectivity index (χ4n) is 2.27. The molecule has 7 nitrogen and oxygen atoms in total. The van der Waals surface area contributed by atoms with Crippen molar-refractivity contribution in [3.63, 3.8) is 0 Å². The Morgan fingerprint density at radius 3 is 2.78 bits per heavy atom. The van der Waals surface area contributed by atoms with Crippen molar-refractivity contribution in [2.24, 2.45) is 0 Å². The van der Waals surface area contributed by atoms with Gasteiger partial charge in [0.25, 0.3) is 0 Å². The van der Waals surface area contributed by atoms with Crippen molar-refractivity contribution >= 4 is 34.1 Å². The molecule has 3 aromatic rings. The minimum absolute atomic E-state index is 0.145. The van der Waals surface area contributed by atoms with Crippen LogP contribution in [0.5, 0.6) is 0 Å². The molecular weight excluding hydrogens is 389 g/mol. The van der Waals surface area contributed by atoms with Crippen LogP contribution in [-0.2, 0) is 24.4 Å². The molecular formula is C17H18FN5O2S2. The van der Waals surface area contributed by atoms with Gasteiger partial charge in [-0.3, -0.25) is 10.1 Å². The average molecular weight is 407 g/mol. The van der Waals surface area contributed by atoms with Crippen molar-refractivity contribution in [1.82, 2.24) is 19.7 Å². The third kappa shape index (κ3) is 5.34. The number of amides is 1. The predicted molar refractivity (Wildman–Crippen MR) is 102 cm³/mol. The van der Waals surface area contributed by atoms with E-state index < -0.39 is 0 Å². The summed E-state index contributed by atoms with van der Waals surface area (Å²) >= 11 is 2.61. The average Bonchev–Trinajstić information content (AvgIpc) is 3.28. The number of imidazole rings is 1. The van der Waals surface area contributed by atoms with Gasteiger partial charge in [0.2, 0.25) is 11.0 Å². The normalized spacial score (nSPS) is 10.9. The molecule has 2 N–H and O–H groups in total. The summed E-state index contributed by atoms with van der Waals surface area (Å²) in [5.74, 6) is -0.359. The second kappa shape index (κ2) is 9.07. The Morgan fingerprint density at radius 2 is 2.11 bits per heavy atom. The SMILES string of the molecule is CCc1nnc(NC(=O)CSc2nc(CO)cn2Cc2ccc(F)cc2)s1. The number of rotatable bonds is 8. The van der Waals surface area contributed by atoms with Gasteiger partial charge in [-0.05, 0) is 24.1 Å². The van der Waals surface area contributed by atoms with Gasteiger partial charge in [0.15, 0.2) is 5.16 Å². The summed E-state index contributed by atoms with van der Waals surface area (Å²) in [5, 5.41) is 21.9. The summed E-state index contributed by atoms with van der Waals surface area (Å²) in [6.45, 7) is 2.25. The van der Waals surface area contributed by atoms with Crippen LogP contribution in [0, 0.1) is 5.82 Å². The van der Waals surface area contributed by atoms with Crippen LogP contribution in [0.2, 0.25) is 0 Å². The van der Waals surface area contributed by atoms with Gasteiger partial charge in [-0.25, -0.2) is 9.37 Å². The summed E-state index contributed by atoms with van der Waals surface area (Å²) in [4.78, 5) is 16.5. The van der Waals surface area contributed by atoms with E-state index in [1.54, 1.807) is 18.3 Å². The van der Waals surface area contributed by atoms with Crippen LogP contribution in [0.15, 0.2) is 35.6 Å². The van der Waals surface area contributed by atoms with E-state index in [0.717, 1.165) is 17.0 Å². The number of carbonyl (C=O) groups is 1. The van der Waals surface area contributed by atoms with Crippen LogP contribution >= 0.6 is 23.1 Å². The summed E-state index contributed by atoms with van der Waals surface area (Å²) in [5.41, 5.74) is 1.40. The Hall–Kier alpha value is -2.30. The van der Waals surface area contributed by atoms with Crippen LogP contribution in [0.3, 0.4) is 0 Å². The van der Waals surface area contributed by atoms with Crippen molar-refractivity contribution in [3.8, 4) is 0 Å². The summed E-state index contributed by atoms with van der Waals surface area (Å²) < 4.78 is 14.9. The first-order chi connectivity index (χ1) is 13.1. The number of carbonyl (C=O) groups excluding carboxylic acids is 1. The fourth-order valence-corrected chi connectivity index (χ4v) is 3.77. The monoisotopic (exact) mass is 407 g/mol. The number of benzene rings is 1. The highest BCUT2D eigenvalue weighted by Gasteiger charge is 2.13. The van der Waals surface area contributed by atoms with Gasteiger partial charge in [-0.2, -0.15) is 0 Å². The highest BCUT2D eigenvalue weighted by atomic mass is 32.2. The number of hydrogen-bond donors (Lipinski definition) is 2. The standard InChI is InChI=1S/C17H18FN5O2S2/c1-2-15-21-22-16(27-15)20-14(25)10-26-17-19-13(9-24)8-23(17)7-11-3-5-12(18)6-4-11/h3-6,8,24H,2,7,9-10H2,1H3,(H,20,22,25). The summed E-state index contributed by atoms with van der Waals surface area (Å²) in [6.07, 6.45) is 2.49. The number of nitrogens with zero attached hydrogens (tertiary/aromatic N) is 4. The Morgan fingerprint density at radius 1 is 1.33 bits per heavy atom. The third-order valence-electron chi connectivity index (χ3n) is 3.57. The molecule has 1 aromatic carbocycles. The topological polar surface area (TPSA) is 92.9 Å². The molecule has 0 radical (unpaired) electrons. The second-order valence-electron chi connectivity index (χ2n) is 5.62. The molecule has 0 aliphatic heterocycles. The van der Waals surface area contributed by atoms with Gasteiger partial charge in [0, 0.05) is 12.7 Å². The molecule has 142 valence electrons. The first kappa shape index (κ1) is 19.5. The van der Waals surface area contributed by atoms with Gasteiger partial charge >= 0.3 is 0 Å². The fraction of sp³-hybridized carbons (Fsp3) is 0.294. The van der Waals surface area contributed by atoms with E-state index in [-0.39, 0.29) is 24.1 Å². The third-order valence-corrected chi connectivity index (χ3v) is 5.54. The number of aryl methyl sites for hydroxylation is 1. The molecule has 0 unspecified atom stereocenters. The maximum atomic E-state index is 13.1. The number of aromatic nitrogens is 4. The largest absolute Gasteiger partial charge is 0.390 e. The number of hydrogen-bond acceptors (Lipinski definition) is 7. The van der Waals surface area contributed by atoms with E-state index in [9.17, 15) is 14.3 Å². The van der Waals surface area contributed by atoms with Gasteiger partial charge in [-0.1, -0.05) is 42.2 Å². The van der Waals surface area contributed by atoms with E-state index in [1.807, 2.05) is 11.5 Å². The van der Waals surface area contributed by atoms with Crippen LogP contribution in [0.4, 0.5) is 9.52 Å². The lowest BCUT2D eigenvalue weighted by atomic mass is 10.2. The van der Waals surface area contributed by atoms with Gasteiger partial charge in [0.1, 0.15) is 10.8 Å². The van der Waals surface area contributed by atoms with E-state index in [0.29, 0.717) is 22.5 Å². The van der Waals surface area contributed by atoms with Crippen molar-refractivity contribution in [2.45, 2.75) is 31.7 Å². The van der Waals surface area contributed by atoms with Crippen molar-refractivity contribution in [2.75, 3.05) is 11.1 Å². The lowest BCUT2D eigenvalue weighted by molar-refractivity contribution is -0.113. The van der Waals surface area contributed by atoms with E-state index in [1.165, 1.54) is 35.2 Å². The zero-order valence-corrected chi connectivity index (χ0v) is 16.2. The zero-order chi connectivity index (χ0) is 19.2. The molecule has 0 spiro atoms. The Labute approximate surface area is 163 Å². The number of thioether (sulfide) groups is 1. The Kier molecular flexibility index (Phi) is 6.54. The molecule has 0 atom stereocenters. The highest BCUT2D eigenvalue weighted by molar-refractivity contribution is 7.99. The quantitative estimate of drug-likeness (QED) is 0.558. The molecule has 0 aliphatic carbocycles. The van der Waals surface area contributed by atoms with Gasteiger partial charge in [0.05, 0.1) is 18.1 Å². The first-order valence-electron chi connectivity index (χ1n) is 8.23. The van der Waals surface area contributed by atoms with Crippen LogP contribution < -0.4 is 5.32 Å². The minimum atomic E-state index is -0.297. The van der Waals surface area contributed by atoms with Crippen molar-refractivity contribution in [1.29, 1.82) is 0 Å². The highest BCUT2D eigenvalue weighted by Crippen LogP contribution is 2.21. The molecule has 0 fully saturated rings. The number of halogens is 1. The summed E-state index contributed by atoms with van der Waals surface area (Å²) in [7, 11) is 0. The van der Waals surface area contributed by atoms with Crippen LogP contribution in [0.1, 0.15) is 23.2 Å². The summed E-state index contributed by atoms with van der Waals surface area (Å²) in [6, 6.07) is 6.17. The molecule has 27 heavy (non-hydrogen) atoms. The molecule has 1 amide bonds. The van der Waals surface area contributed by atoms with E-state index >= 15 is 0 Å². The molecule has 0 saturated heterocycles. The molecule has 3 rings (SSSR count). The number of aliphatic hydroxyl groups excluding tert-OH is 1. The minimum Gasteiger partial charge on any atom is -0.390 e.